The van der Waals surface area contributed by atoms with E-state index in [1.807, 2.05) is 0 Å². The Balaban J connectivity index is 0.00000104. The monoisotopic (exact) mass is 540 g/mol. The number of fused-ring (bicyclic) bond motifs is 2. The Bertz CT molecular complexity index is 783. The fraction of sp³-hybridized carbons (Fsp3) is 0.200. The van der Waals surface area contributed by atoms with Crippen LogP contribution in [0.4, 0.5) is 0 Å². The van der Waals surface area contributed by atoms with E-state index in [0.29, 0.717) is 0 Å². The summed E-state index contributed by atoms with van der Waals surface area (Å²) in [5.74, 6) is 0. The summed E-state index contributed by atoms with van der Waals surface area (Å²) in [5.41, 5.74) is 6.15. The summed E-state index contributed by atoms with van der Waals surface area (Å²) in [6.45, 7) is 4.84. The van der Waals surface area contributed by atoms with E-state index in [1.54, 1.807) is 16.4 Å². The van der Waals surface area contributed by atoms with Gasteiger partial charge in [-0.3, -0.25) is 0 Å². The predicted octanol–water partition coefficient (Wildman–Crippen LogP) is -0.318. The quantitative estimate of drug-likeness (QED) is 0.371. The normalized spacial score (nSPS) is 19.7. The van der Waals surface area contributed by atoms with Gasteiger partial charge >= 0.3 is 146 Å². The predicted molar refractivity (Wildman–Crippen MR) is 94.1 cm³/mol. The van der Waals surface area contributed by atoms with Crippen LogP contribution in [0, 0.1) is 0 Å². The maximum absolute atomic E-state index is 2.50. The van der Waals surface area contributed by atoms with E-state index < -0.39 is 22.9 Å². The molecule has 0 amide bonds. The largest absolute Gasteiger partial charge is 1.00 e. The molecule has 2 atom stereocenters. The molecule has 4 heteroatoms. The minimum Gasteiger partial charge on any atom is -1.00 e. The Morgan fingerprint density at radius 3 is 2.17 bits per heavy atom. The van der Waals surface area contributed by atoms with Crippen LogP contribution in [0.25, 0.3) is 12.2 Å². The van der Waals surface area contributed by atoms with Gasteiger partial charge in [-0.15, -0.1) is 0 Å². The Hall–Kier alpha value is -0.200. The zero-order valence-corrected chi connectivity index (χ0v) is 19.7. The SMILES string of the molecule is CP(C)C1=Cc2ccccc2[CH]1[Hf+2][CH]1C=Cc2ccccc21.[Cl-].[Cl-]. The summed E-state index contributed by atoms with van der Waals surface area (Å²) in [4.78, 5) is 0. The molecule has 0 heterocycles. The third-order valence-corrected chi connectivity index (χ3v) is 13.4. The van der Waals surface area contributed by atoms with Crippen molar-refractivity contribution in [3.8, 4) is 0 Å². The van der Waals surface area contributed by atoms with Crippen LogP contribution in [0.1, 0.15) is 29.6 Å². The van der Waals surface area contributed by atoms with Gasteiger partial charge in [-0.1, -0.05) is 0 Å². The van der Waals surface area contributed by atoms with Gasteiger partial charge in [-0.05, 0) is 0 Å². The van der Waals surface area contributed by atoms with Gasteiger partial charge in [0.25, 0.3) is 0 Å². The molecule has 0 saturated carbocycles. The van der Waals surface area contributed by atoms with Gasteiger partial charge in [0.15, 0.2) is 0 Å². The Morgan fingerprint density at radius 1 is 0.833 bits per heavy atom. The molecule has 0 aliphatic heterocycles. The first-order chi connectivity index (χ1) is 10.7. The molecule has 0 fully saturated rings. The molecule has 0 bridgehead atoms. The van der Waals surface area contributed by atoms with Crippen LogP contribution in [0.2, 0.25) is 0 Å². The van der Waals surface area contributed by atoms with Crippen LogP contribution in [0.3, 0.4) is 0 Å². The number of halogens is 2. The van der Waals surface area contributed by atoms with Crippen LogP contribution < -0.4 is 24.8 Å². The van der Waals surface area contributed by atoms with Crippen molar-refractivity contribution in [2.24, 2.45) is 0 Å². The van der Waals surface area contributed by atoms with Gasteiger partial charge in [-0.2, -0.15) is 0 Å². The molecule has 0 radical (unpaired) electrons. The van der Waals surface area contributed by atoms with Crippen LogP contribution >= 0.6 is 7.92 Å². The number of rotatable bonds is 3. The molecule has 0 aromatic heterocycles. The molecule has 122 valence electrons. The molecule has 2 aromatic carbocycles. The summed E-state index contributed by atoms with van der Waals surface area (Å²) in [6.07, 6.45) is 7.33. The molecule has 0 saturated heterocycles. The maximum Gasteiger partial charge on any atom is -1.00 e. The van der Waals surface area contributed by atoms with Crippen molar-refractivity contribution in [2.75, 3.05) is 13.3 Å². The average molecular weight is 540 g/mol. The van der Waals surface area contributed by atoms with Gasteiger partial charge in [-0.25, -0.2) is 0 Å². The third kappa shape index (κ3) is 3.65. The van der Waals surface area contributed by atoms with Crippen molar-refractivity contribution >= 4 is 20.1 Å². The van der Waals surface area contributed by atoms with Crippen LogP contribution in [0.15, 0.2) is 59.9 Å². The van der Waals surface area contributed by atoms with E-state index in [4.69, 9.17) is 0 Å². The van der Waals surface area contributed by atoms with Gasteiger partial charge in [0.2, 0.25) is 0 Å². The van der Waals surface area contributed by atoms with Crippen LogP contribution in [0.5, 0.6) is 0 Å². The second-order valence-electron chi connectivity index (χ2n) is 6.16. The van der Waals surface area contributed by atoms with Crippen molar-refractivity contribution in [3.05, 3.63) is 82.2 Å². The smallest absolute Gasteiger partial charge is 1.00 e. The zero-order valence-electron chi connectivity index (χ0n) is 13.7. The van der Waals surface area contributed by atoms with Gasteiger partial charge < -0.3 is 24.8 Å². The first-order valence-electron chi connectivity index (χ1n) is 7.75. The first-order valence-corrected chi connectivity index (χ1v) is 14.1. The van der Waals surface area contributed by atoms with Crippen molar-refractivity contribution in [1.82, 2.24) is 0 Å². The zero-order chi connectivity index (χ0) is 15.1. The van der Waals surface area contributed by atoms with E-state index in [-0.39, 0.29) is 32.7 Å². The molecule has 0 spiro atoms. The standard InChI is InChI=1S/C11H12P.C9H7.2ClH.Hf/c1-12(2)11-7-9-5-3-4-6-10(9)8-11;1-2-5-9-7-3-6-8(9)4-1;;;/h3-8H,1-2H3;1-7H;2*1H;/q;;;;+2/p-2. The van der Waals surface area contributed by atoms with Crippen molar-refractivity contribution in [2.45, 2.75) is 7.35 Å². The molecule has 4 rings (SSSR count). The van der Waals surface area contributed by atoms with E-state index >= 15 is 0 Å². The van der Waals surface area contributed by atoms with E-state index in [0.717, 1.165) is 7.35 Å². The third-order valence-electron chi connectivity index (χ3n) is 4.57. The van der Waals surface area contributed by atoms with Gasteiger partial charge in [0.1, 0.15) is 0 Å². The maximum atomic E-state index is 2.50. The van der Waals surface area contributed by atoms with Crippen molar-refractivity contribution < 1.29 is 47.7 Å². The summed E-state index contributed by atoms with van der Waals surface area (Å²) < 4.78 is 1.55. The molecule has 24 heavy (non-hydrogen) atoms. The number of hydrogen-bond acceptors (Lipinski definition) is 0. The molecule has 0 nitrogen and oxygen atoms in total. The van der Waals surface area contributed by atoms with Crippen LogP contribution in [-0.4, -0.2) is 13.3 Å². The summed E-state index contributed by atoms with van der Waals surface area (Å²) >= 11 is -0.877. The Kier molecular flexibility index (Phi) is 7.09. The minimum atomic E-state index is -0.877. The second-order valence-corrected chi connectivity index (χ2v) is 14.0. The fourth-order valence-electron chi connectivity index (χ4n) is 3.44. The van der Waals surface area contributed by atoms with Gasteiger partial charge in [0.05, 0.1) is 0 Å². The molecular formula is C20H19Cl2HfP. The topological polar surface area (TPSA) is 0 Å². The van der Waals surface area contributed by atoms with Crippen LogP contribution in [-0.2, 0) is 22.9 Å². The van der Waals surface area contributed by atoms with E-state index in [9.17, 15) is 0 Å². The average Bonchev–Trinajstić information content (AvgIpc) is 3.10. The number of benzene rings is 2. The van der Waals surface area contributed by atoms with E-state index in [1.165, 1.54) is 11.1 Å². The first kappa shape index (κ1) is 20.1. The summed E-state index contributed by atoms with van der Waals surface area (Å²) in [7, 11) is 0.0109. The summed E-state index contributed by atoms with van der Waals surface area (Å²) in [6, 6.07) is 18.1. The van der Waals surface area contributed by atoms with E-state index in [2.05, 4.69) is 80.1 Å². The summed E-state index contributed by atoms with van der Waals surface area (Å²) in [5, 5.41) is 1.75. The molecule has 2 aromatic rings. The Labute approximate surface area is 169 Å². The van der Waals surface area contributed by atoms with Gasteiger partial charge in [0, 0.05) is 0 Å². The fourth-order valence-corrected chi connectivity index (χ4v) is 14.0. The molecule has 2 unspecified atom stereocenters. The molecule has 2 aliphatic carbocycles. The van der Waals surface area contributed by atoms with Crippen molar-refractivity contribution in [1.29, 1.82) is 0 Å². The minimum absolute atomic E-state index is 0. The molecular weight excluding hydrogens is 521 g/mol. The number of hydrogen-bond donors (Lipinski definition) is 0. The van der Waals surface area contributed by atoms with Crippen molar-refractivity contribution in [3.63, 3.8) is 0 Å². The Morgan fingerprint density at radius 2 is 1.46 bits per heavy atom. The molecule has 2 aliphatic rings. The molecule has 0 N–H and O–H groups in total. The number of allylic oxidation sites excluding steroid dienone is 2. The second kappa shape index (κ2) is 8.45.